The Bertz CT molecular complexity index is 936. The SMILES string of the molecule is C=C1CC(C)(C)OC1=O.CC(C)=NNS(=O)(=O)c1c(C(C)C)cc(C(C)C)cc1C(C)C. The van der Waals surface area contributed by atoms with Crippen LogP contribution in [-0.4, -0.2) is 25.7 Å². The molecule has 0 aromatic heterocycles. The number of carbonyl (C=O) groups is 1. The molecule has 1 aliphatic rings. The van der Waals surface area contributed by atoms with Gasteiger partial charge in [-0.1, -0.05) is 60.3 Å². The molecule has 1 fully saturated rings. The highest BCUT2D eigenvalue weighted by atomic mass is 32.2. The minimum absolute atomic E-state index is 0.115. The lowest BCUT2D eigenvalue weighted by Gasteiger charge is -2.22. The maximum absolute atomic E-state index is 12.9. The van der Waals surface area contributed by atoms with Gasteiger partial charge in [-0.05, 0) is 62.1 Å². The first-order chi connectivity index (χ1) is 14.5. The summed E-state index contributed by atoms with van der Waals surface area (Å²) >= 11 is 0. The number of ether oxygens (including phenoxy) is 1. The van der Waals surface area contributed by atoms with Crippen molar-refractivity contribution >= 4 is 21.7 Å². The molecule has 1 aliphatic heterocycles. The number of nitrogens with zero attached hydrogens (tertiary/aromatic N) is 1. The standard InChI is InChI=1S/C18H30N2O2S.C7H10O2/c1-11(2)15-9-16(12(3)4)18(17(10-15)13(5)6)23(21,22)20-19-14(7)8;1-5-4-7(2,3)9-6(5)8/h9-13,20H,1-8H3;1,4H2,2-3H3. The zero-order chi connectivity index (χ0) is 25.0. The lowest BCUT2D eigenvalue weighted by atomic mass is 9.89. The molecule has 1 heterocycles. The zero-order valence-corrected chi connectivity index (χ0v) is 22.1. The van der Waals surface area contributed by atoms with Crippen molar-refractivity contribution in [2.24, 2.45) is 5.10 Å². The Morgan fingerprint density at radius 2 is 1.50 bits per heavy atom. The molecule has 0 unspecified atom stereocenters. The summed E-state index contributed by atoms with van der Waals surface area (Å²) in [6.45, 7) is 23.2. The van der Waals surface area contributed by atoms with Crippen LogP contribution in [0, 0.1) is 0 Å². The summed E-state index contributed by atoms with van der Waals surface area (Å²) in [4.78, 5) is 13.4. The molecule has 1 aromatic carbocycles. The Morgan fingerprint density at radius 3 is 1.75 bits per heavy atom. The Hall–Kier alpha value is -2.15. The zero-order valence-electron chi connectivity index (χ0n) is 21.3. The van der Waals surface area contributed by atoms with Crippen molar-refractivity contribution < 1.29 is 17.9 Å². The van der Waals surface area contributed by atoms with Gasteiger partial charge >= 0.3 is 5.97 Å². The number of esters is 1. The number of carbonyl (C=O) groups excluding carboxylic acids is 1. The number of cyclic esters (lactones) is 1. The van der Waals surface area contributed by atoms with E-state index >= 15 is 0 Å². The van der Waals surface area contributed by atoms with Gasteiger partial charge in [0, 0.05) is 17.7 Å². The first-order valence-corrected chi connectivity index (χ1v) is 12.6. The summed E-state index contributed by atoms with van der Waals surface area (Å²) in [5.41, 5.74) is 3.83. The summed E-state index contributed by atoms with van der Waals surface area (Å²) in [6.07, 6.45) is 0.659. The van der Waals surface area contributed by atoms with Crippen LogP contribution in [0.5, 0.6) is 0 Å². The molecule has 0 bridgehead atoms. The second-order valence-corrected chi connectivity index (χ2v) is 11.7. The Kier molecular flexibility index (Phi) is 9.28. The number of sulfonamides is 1. The maximum atomic E-state index is 12.9. The Balaban J connectivity index is 0.000000471. The van der Waals surface area contributed by atoms with E-state index in [-0.39, 0.29) is 23.4 Å². The number of hydrogen-bond donors (Lipinski definition) is 1. The number of hydrogen-bond acceptors (Lipinski definition) is 5. The molecule has 0 spiro atoms. The van der Waals surface area contributed by atoms with E-state index in [1.54, 1.807) is 13.8 Å². The molecule has 32 heavy (non-hydrogen) atoms. The lowest BCUT2D eigenvalue weighted by Crippen LogP contribution is -2.23. The molecule has 0 atom stereocenters. The van der Waals surface area contributed by atoms with Crippen LogP contribution in [0.4, 0.5) is 0 Å². The summed E-state index contributed by atoms with van der Waals surface area (Å²) in [6, 6.07) is 4.05. The fourth-order valence-corrected chi connectivity index (χ4v) is 4.95. The number of benzene rings is 1. The highest BCUT2D eigenvalue weighted by molar-refractivity contribution is 7.89. The summed E-state index contributed by atoms with van der Waals surface area (Å²) < 4.78 is 30.6. The number of nitrogens with one attached hydrogen (secondary N) is 1. The normalized spacial score (nSPS) is 15.5. The van der Waals surface area contributed by atoms with Gasteiger partial charge in [0.1, 0.15) is 5.60 Å². The minimum Gasteiger partial charge on any atom is -0.456 e. The van der Waals surface area contributed by atoms with Crippen molar-refractivity contribution in [3.05, 3.63) is 41.0 Å². The molecule has 7 heteroatoms. The van der Waals surface area contributed by atoms with Crippen LogP contribution >= 0.6 is 0 Å². The van der Waals surface area contributed by atoms with Crippen LogP contribution in [-0.2, 0) is 19.6 Å². The third-order valence-corrected chi connectivity index (χ3v) is 6.37. The fraction of sp³-hybridized carbons (Fsp3) is 0.600. The predicted molar refractivity (Wildman–Crippen MR) is 132 cm³/mol. The summed E-state index contributed by atoms with van der Waals surface area (Å²) in [7, 11) is -3.69. The lowest BCUT2D eigenvalue weighted by molar-refractivity contribution is -0.143. The minimum atomic E-state index is -3.69. The van der Waals surface area contributed by atoms with E-state index in [1.807, 2.05) is 53.7 Å². The summed E-state index contributed by atoms with van der Waals surface area (Å²) in [5, 5.41) is 3.91. The molecule has 6 nitrogen and oxygen atoms in total. The van der Waals surface area contributed by atoms with E-state index in [1.165, 1.54) is 5.56 Å². The van der Waals surface area contributed by atoms with Gasteiger partial charge in [0.05, 0.1) is 4.90 Å². The van der Waals surface area contributed by atoms with Crippen molar-refractivity contribution in [3.63, 3.8) is 0 Å². The van der Waals surface area contributed by atoms with E-state index < -0.39 is 10.0 Å². The van der Waals surface area contributed by atoms with Crippen LogP contribution < -0.4 is 4.83 Å². The fourth-order valence-electron chi connectivity index (χ4n) is 3.34. The van der Waals surface area contributed by atoms with E-state index in [0.717, 1.165) is 11.1 Å². The van der Waals surface area contributed by atoms with Crippen molar-refractivity contribution in [1.29, 1.82) is 0 Å². The number of rotatable bonds is 6. The molecule has 0 radical (unpaired) electrons. The first kappa shape index (κ1) is 27.9. The van der Waals surface area contributed by atoms with E-state index in [4.69, 9.17) is 4.74 Å². The van der Waals surface area contributed by atoms with Gasteiger partial charge in [0.2, 0.25) is 0 Å². The van der Waals surface area contributed by atoms with Crippen molar-refractivity contribution in [3.8, 4) is 0 Å². The van der Waals surface area contributed by atoms with E-state index in [0.29, 0.717) is 28.5 Å². The molecule has 1 aromatic rings. The molecule has 0 amide bonds. The first-order valence-electron chi connectivity index (χ1n) is 11.1. The van der Waals surface area contributed by atoms with Gasteiger partial charge < -0.3 is 4.74 Å². The molecule has 2 rings (SSSR count). The van der Waals surface area contributed by atoms with Gasteiger partial charge in [-0.25, -0.2) is 9.63 Å². The third-order valence-electron chi connectivity index (χ3n) is 5.03. The molecule has 0 aliphatic carbocycles. The largest absolute Gasteiger partial charge is 0.456 e. The van der Waals surface area contributed by atoms with Crippen LogP contribution in [0.15, 0.2) is 34.3 Å². The van der Waals surface area contributed by atoms with Gasteiger partial charge in [0.25, 0.3) is 10.0 Å². The maximum Gasteiger partial charge on any atom is 0.334 e. The topological polar surface area (TPSA) is 84.8 Å². The Morgan fingerprint density at radius 1 is 1.03 bits per heavy atom. The predicted octanol–water partition coefficient (Wildman–Crippen LogP) is 6.00. The van der Waals surface area contributed by atoms with Crippen molar-refractivity contribution in [2.45, 2.75) is 104 Å². The van der Waals surface area contributed by atoms with Gasteiger partial charge in [-0.3, -0.25) is 0 Å². The van der Waals surface area contributed by atoms with Crippen LogP contribution in [0.1, 0.15) is 110 Å². The van der Waals surface area contributed by atoms with Crippen molar-refractivity contribution in [2.75, 3.05) is 0 Å². The highest BCUT2D eigenvalue weighted by Crippen LogP contribution is 2.35. The number of hydrazone groups is 1. The molecule has 1 saturated heterocycles. The van der Waals surface area contributed by atoms with E-state index in [9.17, 15) is 13.2 Å². The molecular formula is C25H40N2O4S. The van der Waals surface area contributed by atoms with Crippen LogP contribution in [0.25, 0.3) is 0 Å². The smallest absolute Gasteiger partial charge is 0.334 e. The van der Waals surface area contributed by atoms with Gasteiger partial charge in [0.15, 0.2) is 0 Å². The van der Waals surface area contributed by atoms with E-state index in [2.05, 4.69) is 30.4 Å². The highest BCUT2D eigenvalue weighted by Gasteiger charge is 2.33. The second-order valence-electron chi connectivity index (χ2n) is 10.1. The molecular weight excluding hydrogens is 424 g/mol. The Labute approximate surface area is 194 Å². The monoisotopic (exact) mass is 464 g/mol. The second kappa shape index (κ2) is 10.6. The molecule has 180 valence electrons. The van der Waals surface area contributed by atoms with Crippen LogP contribution in [0.2, 0.25) is 0 Å². The van der Waals surface area contributed by atoms with Crippen LogP contribution in [0.3, 0.4) is 0 Å². The average molecular weight is 465 g/mol. The molecule has 0 saturated carbocycles. The molecule has 1 N–H and O–H groups in total. The third kappa shape index (κ3) is 7.47. The van der Waals surface area contributed by atoms with Gasteiger partial charge in [-0.15, -0.1) is 0 Å². The van der Waals surface area contributed by atoms with Crippen molar-refractivity contribution in [1.82, 2.24) is 4.83 Å². The van der Waals surface area contributed by atoms with Gasteiger partial charge in [-0.2, -0.15) is 13.5 Å². The summed E-state index contributed by atoms with van der Waals surface area (Å²) in [5.74, 6) is 0.333. The quantitative estimate of drug-likeness (QED) is 0.242. The average Bonchev–Trinajstić information content (AvgIpc) is 2.89.